The number of fused-ring (bicyclic) bond motifs is 1. The van der Waals surface area contributed by atoms with Gasteiger partial charge in [0.25, 0.3) is 5.69 Å². The van der Waals surface area contributed by atoms with Crippen LogP contribution >= 0.6 is 11.6 Å². The third-order valence-corrected chi connectivity index (χ3v) is 5.54. The van der Waals surface area contributed by atoms with E-state index < -0.39 is 11.0 Å². The van der Waals surface area contributed by atoms with Crippen molar-refractivity contribution in [3.8, 4) is 0 Å². The molecule has 31 heavy (non-hydrogen) atoms. The van der Waals surface area contributed by atoms with Crippen LogP contribution in [0.1, 0.15) is 29.7 Å². The maximum absolute atomic E-state index is 11.1. The SMILES string of the molecule is O=[N+]([O-])c1cccc(NC(CC(O)c2ccc3ccccc3c2)c2ccc(Cl)cc2)c1. The minimum atomic E-state index is -0.725. The number of rotatable bonds is 7. The Kier molecular flexibility index (Phi) is 6.16. The van der Waals surface area contributed by atoms with Crippen molar-refractivity contribution in [2.24, 2.45) is 0 Å². The monoisotopic (exact) mass is 432 g/mol. The Morgan fingerprint density at radius 2 is 1.58 bits per heavy atom. The molecular weight excluding hydrogens is 412 g/mol. The number of benzene rings is 4. The topological polar surface area (TPSA) is 75.4 Å². The summed E-state index contributed by atoms with van der Waals surface area (Å²) in [6.07, 6.45) is -0.348. The van der Waals surface area contributed by atoms with Crippen LogP contribution < -0.4 is 5.32 Å². The summed E-state index contributed by atoms with van der Waals surface area (Å²) in [5.74, 6) is 0. The maximum atomic E-state index is 11.1. The predicted molar refractivity (Wildman–Crippen MR) is 124 cm³/mol. The first-order chi connectivity index (χ1) is 15.0. The molecule has 2 unspecified atom stereocenters. The zero-order valence-electron chi connectivity index (χ0n) is 16.6. The van der Waals surface area contributed by atoms with Gasteiger partial charge in [-0.2, -0.15) is 0 Å². The van der Waals surface area contributed by atoms with E-state index in [2.05, 4.69) is 5.32 Å². The molecule has 4 aromatic rings. The zero-order chi connectivity index (χ0) is 21.8. The molecule has 5 nitrogen and oxygen atoms in total. The minimum absolute atomic E-state index is 0.00920. The lowest BCUT2D eigenvalue weighted by Gasteiger charge is -2.24. The Balaban J connectivity index is 1.62. The number of aliphatic hydroxyl groups is 1. The second kappa shape index (κ2) is 9.16. The lowest BCUT2D eigenvalue weighted by molar-refractivity contribution is -0.384. The van der Waals surface area contributed by atoms with E-state index in [1.165, 1.54) is 12.1 Å². The van der Waals surface area contributed by atoms with Gasteiger partial charge in [0.05, 0.1) is 17.1 Å². The summed E-state index contributed by atoms with van der Waals surface area (Å²) in [7, 11) is 0. The third kappa shape index (κ3) is 5.02. The Morgan fingerprint density at radius 3 is 2.32 bits per heavy atom. The molecule has 2 atom stereocenters. The first-order valence-electron chi connectivity index (χ1n) is 9.93. The number of anilines is 1. The molecule has 0 fully saturated rings. The van der Waals surface area contributed by atoms with Crippen LogP contribution in [0, 0.1) is 10.1 Å². The van der Waals surface area contributed by atoms with Gasteiger partial charge < -0.3 is 10.4 Å². The molecule has 0 amide bonds. The summed E-state index contributed by atoms with van der Waals surface area (Å²) in [5, 5.41) is 28.3. The second-order valence-corrected chi connectivity index (χ2v) is 7.85. The third-order valence-electron chi connectivity index (χ3n) is 5.29. The molecule has 0 saturated carbocycles. The minimum Gasteiger partial charge on any atom is -0.388 e. The van der Waals surface area contributed by atoms with Crippen molar-refractivity contribution in [3.63, 3.8) is 0 Å². The van der Waals surface area contributed by atoms with Crippen molar-refractivity contribution in [2.45, 2.75) is 18.6 Å². The van der Waals surface area contributed by atoms with Crippen LogP contribution in [0.5, 0.6) is 0 Å². The van der Waals surface area contributed by atoms with Crippen molar-refractivity contribution < 1.29 is 10.0 Å². The summed E-state index contributed by atoms with van der Waals surface area (Å²) in [4.78, 5) is 10.7. The Labute approximate surface area is 185 Å². The van der Waals surface area contributed by atoms with Crippen LogP contribution in [0.4, 0.5) is 11.4 Å². The van der Waals surface area contributed by atoms with Crippen LogP contribution in [0.2, 0.25) is 5.02 Å². The van der Waals surface area contributed by atoms with Gasteiger partial charge in [0.15, 0.2) is 0 Å². The molecule has 0 aromatic heterocycles. The van der Waals surface area contributed by atoms with Crippen molar-refractivity contribution in [3.05, 3.63) is 117 Å². The van der Waals surface area contributed by atoms with E-state index in [0.29, 0.717) is 17.1 Å². The summed E-state index contributed by atoms with van der Waals surface area (Å²) < 4.78 is 0. The van der Waals surface area contributed by atoms with E-state index in [-0.39, 0.29) is 11.7 Å². The highest BCUT2D eigenvalue weighted by Gasteiger charge is 2.19. The molecule has 0 bridgehead atoms. The molecule has 0 aliphatic heterocycles. The fourth-order valence-electron chi connectivity index (χ4n) is 3.66. The van der Waals surface area contributed by atoms with Gasteiger partial charge in [-0.05, 0) is 46.2 Å². The number of hydrogen-bond acceptors (Lipinski definition) is 4. The molecule has 0 aliphatic carbocycles. The van der Waals surface area contributed by atoms with Gasteiger partial charge >= 0.3 is 0 Å². The van der Waals surface area contributed by atoms with Gasteiger partial charge in [-0.15, -0.1) is 0 Å². The van der Waals surface area contributed by atoms with Crippen LogP contribution in [0.3, 0.4) is 0 Å². The number of aliphatic hydroxyl groups excluding tert-OH is 1. The largest absolute Gasteiger partial charge is 0.388 e. The fourth-order valence-corrected chi connectivity index (χ4v) is 3.78. The number of halogens is 1. The van der Waals surface area contributed by atoms with Crippen LogP contribution in [-0.2, 0) is 0 Å². The number of nitrogens with zero attached hydrogens (tertiary/aromatic N) is 1. The predicted octanol–water partition coefficient (Wildman–Crippen LogP) is 6.68. The fraction of sp³-hybridized carbons (Fsp3) is 0.120. The number of nitro benzene ring substituents is 1. The maximum Gasteiger partial charge on any atom is 0.271 e. The molecule has 6 heteroatoms. The molecule has 0 saturated heterocycles. The molecule has 0 aliphatic rings. The number of non-ortho nitro benzene ring substituents is 1. The normalized spacial score (nSPS) is 13.0. The van der Waals surface area contributed by atoms with E-state index >= 15 is 0 Å². The molecule has 156 valence electrons. The van der Waals surface area contributed by atoms with Gasteiger partial charge in [0.2, 0.25) is 0 Å². The highest BCUT2D eigenvalue weighted by Crippen LogP contribution is 2.32. The van der Waals surface area contributed by atoms with Crippen LogP contribution in [0.25, 0.3) is 10.8 Å². The average molecular weight is 433 g/mol. The van der Waals surface area contributed by atoms with E-state index in [4.69, 9.17) is 11.6 Å². The standard InChI is InChI=1S/C25H21ClN2O3/c26-21-12-10-18(11-13-21)24(27-22-6-3-7-23(15-22)28(30)31)16-25(29)20-9-8-17-4-1-2-5-19(17)14-20/h1-15,24-25,27,29H,16H2. The molecule has 4 aromatic carbocycles. The van der Waals surface area contributed by atoms with Crippen LogP contribution in [0.15, 0.2) is 91.0 Å². The average Bonchev–Trinajstić information content (AvgIpc) is 2.79. The second-order valence-electron chi connectivity index (χ2n) is 7.41. The molecule has 4 rings (SSSR count). The zero-order valence-corrected chi connectivity index (χ0v) is 17.4. The first kappa shape index (κ1) is 20.8. The van der Waals surface area contributed by atoms with E-state index in [9.17, 15) is 15.2 Å². The summed E-state index contributed by atoms with van der Waals surface area (Å²) in [6.45, 7) is 0. The molecule has 0 spiro atoms. The molecule has 0 radical (unpaired) electrons. The quantitative estimate of drug-likeness (QED) is 0.252. The Bertz CT molecular complexity index is 1210. The highest BCUT2D eigenvalue weighted by molar-refractivity contribution is 6.30. The van der Waals surface area contributed by atoms with Gasteiger partial charge in [0, 0.05) is 29.3 Å². The van der Waals surface area contributed by atoms with Gasteiger partial charge in [-0.3, -0.25) is 10.1 Å². The van der Waals surface area contributed by atoms with Gasteiger partial charge in [-0.25, -0.2) is 0 Å². The van der Waals surface area contributed by atoms with Gasteiger partial charge in [0.1, 0.15) is 0 Å². The smallest absolute Gasteiger partial charge is 0.271 e. The summed E-state index contributed by atoms with van der Waals surface area (Å²) in [6, 6.07) is 27.4. The summed E-state index contributed by atoms with van der Waals surface area (Å²) in [5.41, 5.74) is 2.36. The number of hydrogen-bond donors (Lipinski definition) is 2. The summed E-state index contributed by atoms with van der Waals surface area (Å²) >= 11 is 6.04. The number of nitro groups is 1. The van der Waals surface area contributed by atoms with E-state index in [1.54, 1.807) is 24.3 Å². The van der Waals surface area contributed by atoms with E-state index in [1.807, 2.05) is 54.6 Å². The van der Waals surface area contributed by atoms with Crippen molar-refractivity contribution in [1.82, 2.24) is 0 Å². The molecule has 2 N–H and O–H groups in total. The first-order valence-corrected chi connectivity index (χ1v) is 10.3. The lowest BCUT2D eigenvalue weighted by Crippen LogP contribution is -2.15. The van der Waals surface area contributed by atoms with Gasteiger partial charge in [-0.1, -0.05) is 66.2 Å². The Morgan fingerprint density at radius 1 is 0.871 bits per heavy atom. The Hall–Kier alpha value is -3.41. The van der Waals surface area contributed by atoms with Crippen molar-refractivity contribution in [1.29, 1.82) is 0 Å². The van der Waals surface area contributed by atoms with E-state index in [0.717, 1.165) is 21.9 Å². The van der Waals surface area contributed by atoms with Crippen molar-refractivity contribution in [2.75, 3.05) is 5.32 Å². The lowest BCUT2D eigenvalue weighted by atomic mass is 9.95. The molecule has 0 heterocycles. The highest BCUT2D eigenvalue weighted by atomic mass is 35.5. The van der Waals surface area contributed by atoms with Crippen molar-refractivity contribution >= 4 is 33.7 Å². The molecular formula is C25H21ClN2O3. The van der Waals surface area contributed by atoms with Crippen LogP contribution in [-0.4, -0.2) is 10.0 Å². The number of nitrogens with one attached hydrogen (secondary N) is 1.